The van der Waals surface area contributed by atoms with Crippen molar-refractivity contribution in [3.05, 3.63) is 0 Å². The fraction of sp³-hybridized carbons (Fsp3) is 0.889. The Morgan fingerprint density at radius 3 is 2.50 bits per heavy atom. The van der Waals surface area contributed by atoms with E-state index in [9.17, 15) is 4.79 Å². The van der Waals surface area contributed by atoms with Gasteiger partial charge in [0, 0.05) is 6.04 Å². The number of carboxylic acids is 1. The zero-order valence-corrected chi connectivity index (χ0v) is 7.55. The van der Waals surface area contributed by atoms with E-state index in [-0.39, 0.29) is 6.04 Å². The summed E-state index contributed by atoms with van der Waals surface area (Å²) in [7, 11) is 0. The van der Waals surface area contributed by atoms with E-state index in [1.165, 1.54) is 0 Å². The Morgan fingerprint density at radius 1 is 1.67 bits per heavy atom. The van der Waals surface area contributed by atoms with E-state index in [2.05, 4.69) is 0 Å². The van der Waals surface area contributed by atoms with Crippen LogP contribution in [0.3, 0.4) is 0 Å². The topological polar surface area (TPSA) is 63.3 Å². The summed E-state index contributed by atoms with van der Waals surface area (Å²) >= 11 is 0. The van der Waals surface area contributed by atoms with Crippen LogP contribution in [0.2, 0.25) is 0 Å². The molecule has 1 rings (SSSR count). The van der Waals surface area contributed by atoms with E-state index in [1.807, 2.05) is 6.92 Å². The molecule has 0 aromatic heterocycles. The first-order chi connectivity index (χ1) is 5.63. The van der Waals surface area contributed by atoms with Gasteiger partial charge in [-0.05, 0) is 19.3 Å². The second-order valence-electron chi connectivity index (χ2n) is 3.71. The number of carbonyl (C=O) groups is 1. The van der Waals surface area contributed by atoms with Crippen molar-refractivity contribution < 1.29 is 9.90 Å². The van der Waals surface area contributed by atoms with Gasteiger partial charge in [-0.3, -0.25) is 4.79 Å². The van der Waals surface area contributed by atoms with Gasteiger partial charge in [-0.15, -0.1) is 0 Å². The van der Waals surface area contributed by atoms with Crippen LogP contribution in [-0.2, 0) is 4.79 Å². The molecule has 0 aliphatic heterocycles. The monoisotopic (exact) mass is 171 g/mol. The summed E-state index contributed by atoms with van der Waals surface area (Å²) in [6.07, 6.45) is 4.35. The Morgan fingerprint density at radius 2 is 2.25 bits per heavy atom. The molecule has 0 amide bonds. The van der Waals surface area contributed by atoms with Crippen molar-refractivity contribution in [1.82, 2.24) is 0 Å². The van der Waals surface area contributed by atoms with E-state index in [0.29, 0.717) is 0 Å². The van der Waals surface area contributed by atoms with Gasteiger partial charge in [0.25, 0.3) is 0 Å². The minimum atomic E-state index is -0.699. The molecule has 0 heterocycles. The quantitative estimate of drug-likeness (QED) is 0.671. The summed E-state index contributed by atoms with van der Waals surface area (Å²) in [6.45, 7) is 2.04. The molecule has 1 saturated carbocycles. The first-order valence-corrected chi connectivity index (χ1v) is 4.62. The van der Waals surface area contributed by atoms with Crippen molar-refractivity contribution >= 4 is 5.97 Å². The predicted octanol–water partition coefficient (Wildman–Crippen LogP) is 1.37. The Balaban J connectivity index is 2.60. The maximum atomic E-state index is 10.9. The van der Waals surface area contributed by atoms with Gasteiger partial charge >= 0.3 is 5.97 Å². The zero-order chi connectivity index (χ0) is 9.19. The first-order valence-electron chi connectivity index (χ1n) is 4.62. The van der Waals surface area contributed by atoms with Gasteiger partial charge in [0.15, 0.2) is 0 Å². The smallest absolute Gasteiger partial charge is 0.311 e. The van der Waals surface area contributed by atoms with E-state index < -0.39 is 11.4 Å². The van der Waals surface area contributed by atoms with Crippen LogP contribution in [0.25, 0.3) is 0 Å². The molecular formula is C9H17NO2. The Kier molecular flexibility index (Phi) is 2.73. The number of nitrogens with two attached hydrogens (primary N) is 1. The molecule has 0 bridgehead atoms. The SMILES string of the molecule is CCCC(N)C1(C(=O)O)CCC1. The molecule has 0 radical (unpaired) electrons. The van der Waals surface area contributed by atoms with Crippen LogP contribution in [0, 0.1) is 5.41 Å². The summed E-state index contributed by atoms with van der Waals surface area (Å²) in [5.41, 5.74) is 5.27. The third-order valence-electron chi connectivity index (χ3n) is 2.98. The number of carboxylic acid groups (broad SMARTS) is 1. The average Bonchev–Trinajstić information content (AvgIpc) is 1.83. The predicted molar refractivity (Wildman–Crippen MR) is 46.8 cm³/mol. The van der Waals surface area contributed by atoms with E-state index in [1.54, 1.807) is 0 Å². The summed E-state index contributed by atoms with van der Waals surface area (Å²) in [5.74, 6) is -0.699. The van der Waals surface area contributed by atoms with Gasteiger partial charge in [-0.25, -0.2) is 0 Å². The summed E-state index contributed by atoms with van der Waals surface area (Å²) < 4.78 is 0. The number of rotatable bonds is 4. The zero-order valence-electron chi connectivity index (χ0n) is 7.55. The van der Waals surface area contributed by atoms with Crippen molar-refractivity contribution in [2.24, 2.45) is 11.1 Å². The van der Waals surface area contributed by atoms with Crippen LogP contribution in [0.5, 0.6) is 0 Å². The van der Waals surface area contributed by atoms with Gasteiger partial charge in [0.2, 0.25) is 0 Å². The summed E-state index contributed by atoms with van der Waals surface area (Å²) in [6, 6.07) is -0.145. The highest BCUT2D eigenvalue weighted by Gasteiger charge is 2.48. The molecule has 0 aromatic rings. The maximum absolute atomic E-state index is 10.9. The van der Waals surface area contributed by atoms with E-state index in [4.69, 9.17) is 10.8 Å². The molecule has 1 aliphatic carbocycles. The molecule has 0 saturated heterocycles. The standard InChI is InChI=1S/C9H17NO2/c1-2-4-7(10)9(8(11)12)5-3-6-9/h7H,2-6,10H2,1H3,(H,11,12). The molecule has 3 N–H and O–H groups in total. The van der Waals surface area contributed by atoms with Crippen LogP contribution in [-0.4, -0.2) is 17.1 Å². The largest absolute Gasteiger partial charge is 0.481 e. The number of hydrogen-bond acceptors (Lipinski definition) is 2. The molecule has 3 nitrogen and oxygen atoms in total. The van der Waals surface area contributed by atoms with Crippen LogP contribution in [0.4, 0.5) is 0 Å². The average molecular weight is 171 g/mol. The molecule has 0 spiro atoms. The summed E-state index contributed by atoms with van der Waals surface area (Å²) in [5, 5.41) is 9.00. The van der Waals surface area contributed by atoms with E-state index >= 15 is 0 Å². The van der Waals surface area contributed by atoms with Crippen molar-refractivity contribution in [3.63, 3.8) is 0 Å². The molecule has 1 fully saturated rings. The number of hydrogen-bond donors (Lipinski definition) is 2. The van der Waals surface area contributed by atoms with Gasteiger partial charge < -0.3 is 10.8 Å². The van der Waals surface area contributed by atoms with Crippen LogP contribution in [0.15, 0.2) is 0 Å². The minimum Gasteiger partial charge on any atom is -0.481 e. The van der Waals surface area contributed by atoms with Crippen LogP contribution in [0.1, 0.15) is 39.0 Å². The Bertz CT molecular complexity index is 175. The second-order valence-corrected chi connectivity index (χ2v) is 3.71. The Hall–Kier alpha value is -0.570. The molecule has 1 atom stereocenters. The normalized spacial score (nSPS) is 22.8. The molecular weight excluding hydrogens is 154 g/mol. The van der Waals surface area contributed by atoms with Crippen molar-refractivity contribution in [1.29, 1.82) is 0 Å². The molecule has 1 unspecified atom stereocenters. The van der Waals surface area contributed by atoms with Gasteiger partial charge in [0.05, 0.1) is 5.41 Å². The lowest BCUT2D eigenvalue weighted by Crippen LogP contribution is -2.52. The van der Waals surface area contributed by atoms with Gasteiger partial charge in [-0.1, -0.05) is 19.8 Å². The van der Waals surface area contributed by atoms with Crippen LogP contribution < -0.4 is 5.73 Å². The highest BCUT2D eigenvalue weighted by atomic mass is 16.4. The lowest BCUT2D eigenvalue weighted by molar-refractivity contribution is -0.156. The maximum Gasteiger partial charge on any atom is 0.311 e. The lowest BCUT2D eigenvalue weighted by Gasteiger charge is -2.42. The van der Waals surface area contributed by atoms with E-state index in [0.717, 1.165) is 32.1 Å². The fourth-order valence-corrected chi connectivity index (χ4v) is 1.89. The minimum absolute atomic E-state index is 0.145. The molecule has 70 valence electrons. The summed E-state index contributed by atoms with van der Waals surface area (Å²) in [4.78, 5) is 10.9. The van der Waals surface area contributed by atoms with Crippen LogP contribution >= 0.6 is 0 Å². The van der Waals surface area contributed by atoms with Crippen molar-refractivity contribution in [2.45, 2.75) is 45.1 Å². The Labute approximate surface area is 72.9 Å². The van der Waals surface area contributed by atoms with Crippen molar-refractivity contribution in [3.8, 4) is 0 Å². The number of aliphatic carboxylic acids is 1. The first kappa shape index (κ1) is 9.52. The van der Waals surface area contributed by atoms with Gasteiger partial charge in [0.1, 0.15) is 0 Å². The fourth-order valence-electron chi connectivity index (χ4n) is 1.89. The third kappa shape index (κ3) is 1.33. The highest BCUT2D eigenvalue weighted by molar-refractivity contribution is 5.76. The van der Waals surface area contributed by atoms with Crippen molar-refractivity contribution in [2.75, 3.05) is 0 Å². The third-order valence-corrected chi connectivity index (χ3v) is 2.98. The highest BCUT2D eigenvalue weighted by Crippen LogP contribution is 2.44. The van der Waals surface area contributed by atoms with Gasteiger partial charge in [-0.2, -0.15) is 0 Å². The molecule has 1 aliphatic rings. The molecule has 0 aromatic carbocycles. The molecule has 3 heteroatoms. The lowest BCUT2D eigenvalue weighted by atomic mass is 9.63. The molecule has 12 heavy (non-hydrogen) atoms. The second kappa shape index (κ2) is 3.44.